The van der Waals surface area contributed by atoms with Gasteiger partial charge in [-0.3, -0.25) is 0 Å². The Labute approximate surface area is 228 Å². The number of benzene rings is 4. The Bertz CT molecular complexity index is 1590. The predicted octanol–water partition coefficient (Wildman–Crippen LogP) is 5.67. The Kier molecular flexibility index (Phi) is 8.21. The molecule has 0 aliphatic rings. The van der Waals surface area contributed by atoms with E-state index in [-0.39, 0.29) is 33.0 Å². The lowest BCUT2D eigenvalue weighted by molar-refractivity contribution is 0.201. The Morgan fingerprint density at radius 3 is 2.51 bits per heavy atom. The van der Waals surface area contributed by atoms with E-state index in [0.717, 1.165) is 5.56 Å². The number of nitrogens with zero attached hydrogens (tertiary/aromatic N) is 2. The van der Waals surface area contributed by atoms with Crippen molar-refractivity contribution >= 4 is 22.6 Å². The van der Waals surface area contributed by atoms with Gasteiger partial charge in [0.25, 0.3) is 0 Å². The number of hydrogen-bond acceptors (Lipinski definition) is 8. The first-order chi connectivity index (χ1) is 19.1. The molecular weight excluding hydrogens is 525 g/mol. The lowest BCUT2D eigenvalue weighted by Gasteiger charge is -2.16. The maximum atomic E-state index is 15.5. The van der Waals surface area contributed by atoms with E-state index in [1.807, 2.05) is 12.1 Å². The summed E-state index contributed by atoms with van der Waals surface area (Å²) in [6.07, 6.45) is 0. The lowest BCUT2D eigenvalue weighted by Crippen LogP contribution is -2.05. The second kappa shape index (κ2) is 12.1. The van der Waals surface area contributed by atoms with Gasteiger partial charge in [-0.1, -0.05) is 48.0 Å². The van der Waals surface area contributed by atoms with Gasteiger partial charge in [-0.05, 0) is 51.8 Å². The van der Waals surface area contributed by atoms with Crippen LogP contribution >= 0.6 is 11.6 Å². The molecule has 10 heteroatoms. The van der Waals surface area contributed by atoms with E-state index in [4.69, 9.17) is 41.3 Å². The van der Waals surface area contributed by atoms with Crippen LogP contribution in [0.25, 0.3) is 22.2 Å². The number of hydrogen-bond donors (Lipinski definition) is 2. The molecule has 8 nitrogen and oxygen atoms in total. The maximum Gasteiger partial charge on any atom is 0.142 e. The van der Waals surface area contributed by atoms with Crippen molar-refractivity contribution in [2.75, 3.05) is 13.2 Å². The number of aromatic nitrogens is 2. The molecule has 0 saturated heterocycles. The van der Waals surface area contributed by atoms with E-state index in [9.17, 15) is 0 Å². The van der Waals surface area contributed by atoms with Crippen LogP contribution in [0.1, 0.15) is 16.7 Å². The van der Waals surface area contributed by atoms with Gasteiger partial charge in [-0.2, -0.15) is 0 Å². The highest BCUT2D eigenvalue weighted by atomic mass is 35.5. The summed E-state index contributed by atoms with van der Waals surface area (Å²) >= 11 is 6.46. The normalized spacial score (nSPS) is 11.1. The molecule has 0 saturated carbocycles. The van der Waals surface area contributed by atoms with Gasteiger partial charge >= 0.3 is 0 Å². The number of rotatable bonds is 11. The predicted molar refractivity (Wildman–Crippen MR) is 144 cm³/mol. The third kappa shape index (κ3) is 6.12. The summed E-state index contributed by atoms with van der Waals surface area (Å²) in [4.78, 5) is 0. The Hall–Kier alpha value is -4.18. The van der Waals surface area contributed by atoms with E-state index in [0.29, 0.717) is 55.6 Å². The number of aliphatic hydroxyl groups excluding tert-OH is 1. The molecule has 0 spiro atoms. The molecule has 0 bridgehead atoms. The summed E-state index contributed by atoms with van der Waals surface area (Å²) in [6, 6.07) is 21.0. The van der Waals surface area contributed by atoms with Crippen LogP contribution in [-0.2, 0) is 19.8 Å². The van der Waals surface area contributed by atoms with Crippen molar-refractivity contribution < 1.29 is 28.3 Å². The molecule has 0 aliphatic heterocycles. The van der Waals surface area contributed by atoms with Crippen LogP contribution in [0.2, 0.25) is 5.02 Å². The number of aliphatic hydroxyl groups is 1. The summed E-state index contributed by atoms with van der Waals surface area (Å²) in [5.74, 6) is 0.966. The molecule has 200 valence electrons. The van der Waals surface area contributed by atoms with Crippen LogP contribution < -0.4 is 19.9 Å². The van der Waals surface area contributed by atoms with Gasteiger partial charge in [0.1, 0.15) is 53.9 Å². The van der Waals surface area contributed by atoms with Crippen molar-refractivity contribution in [2.45, 2.75) is 19.8 Å². The second-order valence-corrected chi connectivity index (χ2v) is 9.04. The molecule has 0 amide bonds. The first kappa shape index (κ1) is 26.4. The van der Waals surface area contributed by atoms with Crippen molar-refractivity contribution in [2.24, 2.45) is 5.73 Å². The van der Waals surface area contributed by atoms with E-state index in [1.165, 1.54) is 0 Å². The second-order valence-electron chi connectivity index (χ2n) is 8.64. The van der Waals surface area contributed by atoms with Crippen molar-refractivity contribution in [3.05, 3.63) is 100 Å². The number of nitrogens with two attached hydrogens (primary N) is 1. The molecule has 3 N–H and O–H groups in total. The van der Waals surface area contributed by atoms with E-state index in [2.05, 4.69) is 10.3 Å². The zero-order valence-corrected chi connectivity index (χ0v) is 21.5. The Morgan fingerprint density at radius 2 is 1.67 bits per heavy atom. The van der Waals surface area contributed by atoms with E-state index >= 15 is 4.39 Å². The summed E-state index contributed by atoms with van der Waals surface area (Å²) in [5, 5.41) is 17.0. The highest BCUT2D eigenvalue weighted by molar-refractivity contribution is 6.32. The van der Waals surface area contributed by atoms with Gasteiger partial charge in [0, 0.05) is 29.3 Å². The number of halogens is 2. The quantitative estimate of drug-likeness (QED) is 0.217. The van der Waals surface area contributed by atoms with Crippen LogP contribution in [0, 0.1) is 5.82 Å². The molecule has 4 aromatic carbocycles. The summed E-state index contributed by atoms with van der Waals surface area (Å²) in [5.41, 5.74) is 10.2. The van der Waals surface area contributed by atoms with Crippen molar-refractivity contribution in [3.63, 3.8) is 0 Å². The molecule has 39 heavy (non-hydrogen) atoms. The molecule has 5 rings (SSSR count). The van der Waals surface area contributed by atoms with Crippen LogP contribution in [-0.4, -0.2) is 28.6 Å². The summed E-state index contributed by atoms with van der Waals surface area (Å²) in [6.45, 7) is 0.443. The average molecular weight is 550 g/mol. The Morgan fingerprint density at radius 1 is 0.846 bits per heavy atom. The monoisotopic (exact) mass is 549 g/mol. The molecule has 5 aromatic rings. The van der Waals surface area contributed by atoms with Crippen LogP contribution in [0.4, 0.5) is 4.39 Å². The molecule has 0 aliphatic carbocycles. The van der Waals surface area contributed by atoms with Crippen molar-refractivity contribution in [1.29, 1.82) is 0 Å². The minimum atomic E-state index is -0.416. The third-order valence-corrected chi connectivity index (χ3v) is 6.31. The molecule has 1 heterocycles. The first-order valence-electron chi connectivity index (χ1n) is 12.2. The standard InChI is InChI=1S/C29H25ClFN3O5/c30-24-13-21(15-32)27(37-16-18-7-8-25-26(11-18)34-39-33-25)14-28(24)38-17-20-4-2-6-23(29(20)31)19-3-1-5-22(12-19)36-10-9-35/h1-8,11-14,35H,9-10,15-17,32H2. The fourth-order valence-corrected chi connectivity index (χ4v) is 4.29. The molecule has 0 unspecified atom stereocenters. The van der Waals surface area contributed by atoms with Crippen molar-refractivity contribution in [3.8, 4) is 28.4 Å². The third-order valence-electron chi connectivity index (χ3n) is 6.01. The van der Waals surface area contributed by atoms with Crippen LogP contribution in [0.15, 0.2) is 77.4 Å². The van der Waals surface area contributed by atoms with Crippen LogP contribution in [0.3, 0.4) is 0 Å². The number of ether oxygens (including phenoxy) is 3. The van der Waals surface area contributed by atoms with Gasteiger partial charge in [-0.15, -0.1) is 0 Å². The maximum absolute atomic E-state index is 15.5. The fraction of sp³-hybridized carbons (Fsp3) is 0.172. The zero-order valence-electron chi connectivity index (χ0n) is 20.8. The highest BCUT2D eigenvalue weighted by Crippen LogP contribution is 2.35. The fourth-order valence-electron chi connectivity index (χ4n) is 4.05. The van der Waals surface area contributed by atoms with Crippen molar-refractivity contribution in [1.82, 2.24) is 10.3 Å². The SMILES string of the molecule is NCc1cc(Cl)c(OCc2cccc(-c3cccc(OCCO)c3)c2F)cc1OCc1ccc2nonc2c1. The summed E-state index contributed by atoms with van der Waals surface area (Å²) in [7, 11) is 0. The summed E-state index contributed by atoms with van der Waals surface area (Å²) < 4.78 is 37.7. The van der Waals surface area contributed by atoms with Gasteiger partial charge in [-0.25, -0.2) is 9.02 Å². The lowest BCUT2D eigenvalue weighted by atomic mass is 10.0. The number of fused-ring (bicyclic) bond motifs is 1. The van der Waals surface area contributed by atoms with Gasteiger partial charge in [0.2, 0.25) is 0 Å². The van der Waals surface area contributed by atoms with Gasteiger partial charge in [0.15, 0.2) is 0 Å². The minimum absolute atomic E-state index is 0.0582. The molecule has 0 fully saturated rings. The largest absolute Gasteiger partial charge is 0.491 e. The molecular formula is C29H25ClFN3O5. The van der Waals surface area contributed by atoms with E-state index in [1.54, 1.807) is 60.7 Å². The smallest absolute Gasteiger partial charge is 0.142 e. The molecule has 1 aromatic heterocycles. The molecule has 0 radical (unpaired) electrons. The van der Waals surface area contributed by atoms with Crippen LogP contribution in [0.5, 0.6) is 17.2 Å². The topological polar surface area (TPSA) is 113 Å². The minimum Gasteiger partial charge on any atom is -0.491 e. The average Bonchev–Trinajstić information content (AvgIpc) is 3.43. The van der Waals surface area contributed by atoms with E-state index < -0.39 is 5.82 Å². The first-order valence-corrected chi connectivity index (χ1v) is 12.5. The molecule has 0 atom stereocenters. The zero-order chi connectivity index (χ0) is 27.2. The Balaban J connectivity index is 1.32. The van der Waals surface area contributed by atoms with Gasteiger partial charge < -0.3 is 25.1 Å². The van der Waals surface area contributed by atoms with Gasteiger partial charge in [0.05, 0.1) is 11.6 Å². The highest BCUT2D eigenvalue weighted by Gasteiger charge is 2.15.